The summed E-state index contributed by atoms with van der Waals surface area (Å²) in [5.74, 6) is 0.497. The predicted octanol–water partition coefficient (Wildman–Crippen LogP) is 3.93. The van der Waals surface area contributed by atoms with Crippen molar-refractivity contribution in [1.82, 2.24) is 19.5 Å². The number of halogens is 2. The fourth-order valence-corrected chi connectivity index (χ4v) is 4.44. The second-order valence-corrected chi connectivity index (χ2v) is 8.40. The molecule has 0 spiro atoms. The highest BCUT2D eigenvalue weighted by Crippen LogP contribution is 2.29. The van der Waals surface area contributed by atoms with E-state index in [1.165, 1.54) is 49.6 Å². The highest BCUT2D eigenvalue weighted by Gasteiger charge is 2.26. The Morgan fingerprint density at radius 2 is 1.90 bits per heavy atom. The first kappa shape index (κ1) is 22.0. The minimum atomic E-state index is -3.98. The maximum atomic E-state index is 13.1. The van der Waals surface area contributed by atoms with E-state index < -0.39 is 16.1 Å². The summed E-state index contributed by atoms with van der Waals surface area (Å²) in [6.45, 7) is 3.89. The summed E-state index contributed by atoms with van der Waals surface area (Å²) in [5.41, 5.74) is 0. The smallest absolute Gasteiger partial charge is 0.322 e. The molecule has 1 heterocycles. The molecular formula is C19H20ClFN4O4S. The molecule has 8 nitrogen and oxygen atoms in total. The maximum Gasteiger partial charge on any atom is 0.322 e. The predicted molar refractivity (Wildman–Crippen MR) is 109 cm³/mol. The normalized spacial score (nSPS) is 12.6. The minimum Gasteiger partial charge on any atom is -0.495 e. The molecule has 0 saturated heterocycles. The largest absolute Gasteiger partial charge is 0.495 e. The minimum absolute atomic E-state index is 0.0882. The van der Waals surface area contributed by atoms with E-state index in [2.05, 4.69) is 14.9 Å². The van der Waals surface area contributed by atoms with Crippen LogP contribution < -0.4 is 14.2 Å². The first-order valence-corrected chi connectivity index (χ1v) is 10.8. The lowest BCUT2D eigenvalue weighted by atomic mass is 10.3. The average molecular weight is 455 g/mol. The van der Waals surface area contributed by atoms with Gasteiger partial charge < -0.3 is 9.47 Å². The summed E-state index contributed by atoms with van der Waals surface area (Å²) in [6.07, 6.45) is 0. The summed E-state index contributed by atoms with van der Waals surface area (Å²) in [4.78, 5) is -0.0882. The molecule has 0 fully saturated rings. The van der Waals surface area contributed by atoms with E-state index in [1.807, 2.05) is 6.92 Å². The third-order valence-electron chi connectivity index (χ3n) is 4.22. The van der Waals surface area contributed by atoms with Gasteiger partial charge in [-0.25, -0.2) is 17.5 Å². The molecule has 0 aliphatic carbocycles. The highest BCUT2D eigenvalue weighted by atomic mass is 35.5. The number of nitrogens with one attached hydrogen (secondary N) is 1. The van der Waals surface area contributed by atoms with Crippen molar-refractivity contribution >= 4 is 21.6 Å². The molecule has 0 aliphatic rings. The van der Waals surface area contributed by atoms with Crippen molar-refractivity contribution in [3.63, 3.8) is 0 Å². The summed E-state index contributed by atoms with van der Waals surface area (Å²) < 4.78 is 53.9. The van der Waals surface area contributed by atoms with Crippen LogP contribution in [0.2, 0.25) is 5.02 Å². The molecule has 0 amide bonds. The second-order valence-electron chi connectivity index (χ2n) is 6.28. The summed E-state index contributed by atoms with van der Waals surface area (Å²) in [5, 5.41) is 8.32. The van der Waals surface area contributed by atoms with Gasteiger partial charge in [-0.3, -0.25) is 4.57 Å². The standard InChI is InChI=1S/C19H20ClFN4O4S/c1-4-25-18(22-23-19(25)29-15-8-6-14(21)7-9-15)12(2)24-30(26,27)17-11-13(20)5-10-16(17)28-3/h5-12,24H,4H2,1-3H3/t12-/m1/s1. The number of rotatable bonds is 8. The lowest BCUT2D eigenvalue weighted by Gasteiger charge is -2.16. The Kier molecular flexibility index (Phi) is 6.59. The van der Waals surface area contributed by atoms with Crippen molar-refractivity contribution in [1.29, 1.82) is 0 Å². The van der Waals surface area contributed by atoms with E-state index in [0.29, 0.717) is 18.1 Å². The van der Waals surface area contributed by atoms with Gasteiger partial charge in [-0.05, 0) is 56.3 Å². The van der Waals surface area contributed by atoms with Crippen molar-refractivity contribution < 1.29 is 22.3 Å². The zero-order valence-corrected chi connectivity index (χ0v) is 18.0. The van der Waals surface area contributed by atoms with Gasteiger partial charge in [-0.15, -0.1) is 5.10 Å². The van der Waals surface area contributed by atoms with Gasteiger partial charge in [0.05, 0.1) is 13.2 Å². The summed E-state index contributed by atoms with van der Waals surface area (Å²) in [6, 6.07) is 9.18. The van der Waals surface area contributed by atoms with Crippen molar-refractivity contribution in [2.45, 2.75) is 31.3 Å². The van der Waals surface area contributed by atoms with Crippen molar-refractivity contribution in [3.05, 3.63) is 59.1 Å². The SMILES string of the molecule is CCn1c(Oc2ccc(F)cc2)nnc1[C@@H](C)NS(=O)(=O)c1cc(Cl)ccc1OC. The quantitative estimate of drug-likeness (QED) is 0.554. The Morgan fingerprint density at radius 1 is 1.20 bits per heavy atom. The number of methoxy groups -OCH3 is 1. The van der Waals surface area contributed by atoms with Crippen molar-refractivity contribution in [2.24, 2.45) is 0 Å². The van der Waals surface area contributed by atoms with Crippen LogP contribution in [0.15, 0.2) is 47.4 Å². The molecular weight excluding hydrogens is 435 g/mol. The molecule has 1 atom stereocenters. The van der Waals surface area contributed by atoms with E-state index in [9.17, 15) is 12.8 Å². The van der Waals surface area contributed by atoms with Gasteiger partial charge in [0.2, 0.25) is 10.0 Å². The van der Waals surface area contributed by atoms with E-state index in [-0.39, 0.29) is 27.5 Å². The molecule has 0 saturated carbocycles. The zero-order valence-electron chi connectivity index (χ0n) is 16.5. The second kappa shape index (κ2) is 8.99. The van der Waals surface area contributed by atoms with E-state index in [1.54, 1.807) is 11.5 Å². The van der Waals surface area contributed by atoms with Crippen LogP contribution in [-0.4, -0.2) is 30.3 Å². The van der Waals surface area contributed by atoms with Gasteiger partial charge in [-0.2, -0.15) is 0 Å². The Morgan fingerprint density at radius 3 is 2.53 bits per heavy atom. The molecule has 1 aromatic heterocycles. The molecule has 0 bridgehead atoms. The molecule has 3 aromatic rings. The summed E-state index contributed by atoms with van der Waals surface area (Å²) >= 11 is 5.96. The number of aromatic nitrogens is 3. The number of sulfonamides is 1. The number of hydrogen-bond donors (Lipinski definition) is 1. The first-order chi connectivity index (χ1) is 14.2. The van der Waals surface area contributed by atoms with Gasteiger partial charge in [0, 0.05) is 11.6 Å². The van der Waals surface area contributed by atoms with Crippen LogP contribution >= 0.6 is 11.6 Å². The molecule has 30 heavy (non-hydrogen) atoms. The molecule has 2 aromatic carbocycles. The molecule has 3 rings (SSSR count). The van der Waals surface area contributed by atoms with Crippen LogP contribution in [0.1, 0.15) is 25.7 Å². The van der Waals surface area contributed by atoms with Crippen LogP contribution in [0.5, 0.6) is 17.5 Å². The van der Waals surface area contributed by atoms with Crippen molar-refractivity contribution in [2.75, 3.05) is 7.11 Å². The van der Waals surface area contributed by atoms with Crippen LogP contribution in [0.4, 0.5) is 4.39 Å². The fraction of sp³-hybridized carbons (Fsp3) is 0.263. The third-order valence-corrected chi connectivity index (χ3v) is 6.02. The maximum absolute atomic E-state index is 13.1. The summed E-state index contributed by atoms with van der Waals surface area (Å²) in [7, 11) is -2.60. The Labute approximate surface area is 178 Å². The molecule has 1 N–H and O–H groups in total. The van der Waals surface area contributed by atoms with Crippen LogP contribution in [0, 0.1) is 5.82 Å². The van der Waals surface area contributed by atoms with Gasteiger partial charge in [0.25, 0.3) is 0 Å². The molecule has 160 valence electrons. The Hall–Kier alpha value is -2.69. The van der Waals surface area contributed by atoms with Gasteiger partial charge in [0.15, 0.2) is 5.82 Å². The van der Waals surface area contributed by atoms with Crippen LogP contribution in [-0.2, 0) is 16.6 Å². The molecule has 11 heteroatoms. The number of nitrogens with zero attached hydrogens (tertiary/aromatic N) is 3. The fourth-order valence-electron chi connectivity index (χ4n) is 2.81. The van der Waals surface area contributed by atoms with Gasteiger partial charge >= 0.3 is 6.01 Å². The molecule has 0 radical (unpaired) electrons. The van der Waals surface area contributed by atoms with Crippen LogP contribution in [0.3, 0.4) is 0 Å². The Balaban J connectivity index is 1.86. The highest BCUT2D eigenvalue weighted by molar-refractivity contribution is 7.89. The third kappa shape index (κ3) is 4.72. The topological polar surface area (TPSA) is 95.3 Å². The lowest BCUT2D eigenvalue weighted by molar-refractivity contribution is 0.401. The number of benzene rings is 2. The van der Waals surface area contributed by atoms with Crippen LogP contribution in [0.25, 0.3) is 0 Å². The molecule has 0 aliphatic heterocycles. The number of hydrogen-bond acceptors (Lipinski definition) is 6. The zero-order chi connectivity index (χ0) is 21.9. The first-order valence-electron chi connectivity index (χ1n) is 8.97. The van der Waals surface area contributed by atoms with Gasteiger partial charge in [0.1, 0.15) is 22.2 Å². The van der Waals surface area contributed by atoms with Gasteiger partial charge in [-0.1, -0.05) is 16.7 Å². The number of ether oxygens (including phenoxy) is 2. The lowest BCUT2D eigenvalue weighted by Crippen LogP contribution is -2.29. The van der Waals surface area contributed by atoms with E-state index in [0.717, 1.165) is 0 Å². The molecule has 0 unspecified atom stereocenters. The Bertz CT molecular complexity index is 1140. The van der Waals surface area contributed by atoms with E-state index in [4.69, 9.17) is 21.1 Å². The van der Waals surface area contributed by atoms with Crippen molar-refractivity contribution in [3.8, 4) is 17.5 Å². The monoisotopic (exact) mass is 454 g/mol. The van der Waals surface area contributed by atoms with E-state index >= 15 is 0 Å². The average Bonchev–Trinajstić information content (AvgIpc) is 3.12.